The van der Waals surface area contributed by atoms with Crippen molar-refractivity contribution in [3.05, 3.63) is 23.5 Å². The van der Waals surface area contributed by atoms with Gasteiger partial charge in [0.2, 0.25) is 18.3 Å². The SMILES string of the molecule is CCOc1cc2cc(-c3c(C)nc(NCC4CC4)nc3NC3CC(C(F)F)C(O)C3O)oc2c(C)n1. The number of hydrogen-bond acceptors (Lipinski definition) is 9. The van der Waals surface area contributed by atoms with E-state index in [0.717, 1.165) is 24.8 Å². The molecule has 0 saturated heterocycles. The van der Waals surface area contributed by atoms with Gasteiger partial charge in [0.15, 0.2) is 5.58 Å². The first-order chi connectivity index (χ1) is 17.2. The summed E-state index contributed by atoms with van der Waals surface area (Å²) in [7, 11) is 0. The predicted molar refractivity (Wildman–Crippen MR) is 130 cm³/mol. The number of alkyl halides is 2. The lowest BCUT2D eigenvalue weighted by atomic mass is 10.1. The van der Waals surface area contributed by atoms with Crippen LogP contribution in [0.4, 0.5) is 20.5 Å². The zero-order valence-electron chi connectivity index (χ0n) is 20.5. The second-order valence-corrected chi connectivity index (χ2v) is 9.65. The van der Waals surface area contributed by atoms with Crippen LogP contribution >= 0.6 is 0 Å². The number of nitrogens with zero attached hydrogens (tertiary/aromatic N) is 3. The number of aromatic nitrogens is 3. The summed E-state index contributed by atoms with van der Waals surface area (Å²) in [6, 6.07) is 2.81. The molecule has 0 radical (unpaired) electrons. The maximum atomic E-state index is 13.4. The van der Waals surface area contributed by atoms with Crippen molar-refractivity contribution >= 4 is 22.7 Å². The molecule has 0 aliphatic heterocycles. The second-order valence-electron chi connectivity index (χ2n) is 9.65. The van der Waals surface area contributed by atoms with Crippen molar-refractivity contribution in [3.63, 3.8) is 0 Å². The highest BCUT2D eigenvalue weighted by atomic mass is 19.3. The molecule has 194 valence electrons. The summed E-state index contributed by atoms with van der Waals surface area (Å²) in [4.78, 5) is 13.7. The van der Waals surface area contributed by atoms with E-state index in [9.17, 15) is 19.0 Å². The number of anilines is 2. The molecule has 4 atom stereocenters. The highest BCUT2D eigenvalue weighted by molar-refractivity contribution is 5.88. The largest absolute Gasteiger partial charge is 0.478 e. The van der Waals surface area contributed by atoms with E-state index in [0.29, 0.717) is 58.5 Å². The number of aryl methyl sites for hydroxylation is 2. The molecular weight excluding hydrogens is 472 g/mol. The van der Waals surface area contributed by atoms with Crippen LogP contribution in [-0.4, -0.2) is 63.0 Å². The van der Waals surface area contributed by atoms with Gasteiger partial charge in [-0.2, -0.15) is 4.98 Å². The van der Waals surface area contributed by atoms with Crippen LogP contribution in [0.1, 0.15) is 37.6 Å². The zero-order valence-corrected chi connectivity index (χ0v) is 20.5. The molecule has 4 unspecified atom stereocenters. The number of halogens is 2. The van der Waals surface area contributed by atoms with E-state index in [1.807, 2.05) is 26.8 Å². The minimum atomic E-state index is -2.74. The summed E-state index contributed by atoms with van der Waals surface area (Å²) < 4.78 is 38.5. The minimum Gasteiger partial charge on any atom is -0.478 e. The lowest BCUT2D eigenvalue weighted by Gasteiger charge is -2.21. The lowest BCUT2D eigenvalue weighted by molar-refractivity contribution is -0.0333. The fraction of sp³-hybridized carbons (Fsp3) is 0.560. The van der Waals surface area contributed by atoms with Crippen LogP contribution in [0.3, 0.4) is 0 Å². The fourth-order valence-corrected chi connectivity index (χ4v) is 4.77. The molecule has 0 bridgehead atoms. The van der Waals surface area contributed by atoms with Gasteiger partial charge >= 0.3 is 0 Å². The molecule has 2 saturated carbocycles. The standard InChI is InChI=1S/C25H31F2N5O4/c1-4-35-18-8-14-7-17(36-22(14)12(3)29-18)19-11(2)30-25(28-10-13-5-6-13)32-24(19)31-16-9-15(23(26)27)20(33)21(16)34/h7-8,13,15-16,20-21,23,33-34H,4-6,9-10H2,1-3H3,(H2,28,30,31,32). The molecular formula is C25H31F2N5O4. The molecule has 2 aliphatic carbocycles. The number of nitrogens with one attached hydrogen (secondary N) is 2. The van der Waals surface area contributed by atoms with Crippen molar-refractivity contribution in [1.29, 1.82) is 0 Å². The van der Waals surface area contributed by atoms with Crippen LogP contribution in [-0.2, 0) is 0 Å². The normalized spacial score (nSPS) is 24.0. The van der Waals surface area contributed by atoms with E-state index in [1.54, 1.807) is 6.07 Å². The highest BCUT2D eigenvalue weighted by Gasteiger charge is 2.46. The number of ether oxygens (including phenoxy) is 1. The van der Waals surface area contributed by atoms with Gasteiger partial charge in [0, 0.05) is 18.0 Å². The number of aliphatic hydroxyl groups excluding tert-OH is 2. The average molecular weight is 504 g/mol. The van der Waals surface area contributed by atoms with Crippen molar-refractivity contribution in [1.82, 2.24) is 15.0 Å². The number of pyridine rings is 1. The van der Waals surface area contributed by atoms with Crippen LogP contribution in [0.5, 0.6) is 5.88 Å². The van der Waals surface area contributed by atoms with Crippen molar-refractivity contribution in [2.75, 3.05) is 23.8 Å². The van der Waals surface area contributed by atoms with Gasteiger partial charge in [-0.25, -0.2) is 18.7 Å². The quantitative estimate of drug-likeness (QED) is 0.344. The molecule has 4 N–H and O–H groups in total. The Bertz CT molecular complexity index is 1250. The van der Waals surface area contributed by atoms with Gasteiger partial charge in [0.05, 0.1) is 41.6 Å². The first-order valence-electron chi connectivity index (χ1n) is 12.3. The van der Waals surface area contributed by atoms with Crippen molar-refractivity contribution in [2.24, 2.45) is 11.8 Å². The molecule has 3 aromatic heterocycles. The van der Waals surface area contributed by atoms with E-state index in [4.69, 9.17) is 9.15 Å². The molecule has 2 fully saturated rings. The predicted octanol–water partition coefficient (Wildman–Crippen LogP) is 3.91. The average Bonchev–Trinajstić information content (AvgIpc) is 3.49. The third-order valence-electron chi connectivity index (χ3n) is 6.89. The number of aliphatic hydroxyl groups is 2. The topological polar surface area (TPSA) is 126 Å². The zero-order chi connectivity index (χ0) is 25.6. The molecule has 11 heteroatoms. The van der Waals surface area contributed by atoms with Crippen LogP contribution in [0.2, 0.25) is 0 Å². The third kappa shape index (κ3) is 4.81. The van der Waals surface area contributed by atoms with Crippen LogP contribution in [0, 0.1) is 25.7 Å². The maximum Gasteiger partial charge on any atom is 0.244 e. The fourth-order valence-electron chi connectivity index (χ4n) is 4.77. The van der Waals surface area contributed by atoms with Crippen molar-refractivity contribution in [2.45, 2.75) is 64.7 Å². The Labute approximate surface area is 207 Å². The molecule has 0 amide bonds. The van der Waals surface area contributed by atoms with Gasteiger partial charge in [-0.3, -0.25) is 0 Å². The first-order valence-corrected chi connectivity index (χ1v) is 12.3. The Kier molecular flexibility index (Phi) is 6.69. The van der Waals surface area contributed by atoms with Gasteiger partial charge in [0.25, 0.3) is 0 Å². The molecule has 36 heavy (non-hydrogen) atoms. The summed E-state index contributed by atoms with van der Waals surface area (Å²) in [5, 5.41) is 27.8. The molecule has 0 aromatic carbocycles. The van der Waals surface area contributed by atoms with Gasteiger partial charge < -0.3 is 30.0 Å². The third-order valence-corrected chi connectivity index (χ3v) is 6.89. The number of fused-ring (bicyclic) bond motifs is 1. The Morgan fingerprint density at radius 1 is 1.11 bits per heavy atom. The summed E-state index contributed by atoms with van der Waals surface area (Å²) >= 11 is 0. The maximum absolute atomic E-state index is 13.4. The van der Waals surface area contributed by atoms with E-state index in [2.05, 4.69) is 25.6 Å². The molecule has 2 aliphatic rings. The Hall–Kier alpha value is -3.05. The summed E-state index contributed by atoms with van der Waals surface area (Å²) in [6.07, 6.45) is -3.43. The number of furan rings is 1. The molecule has 5 rings (SSSR count). The molecule has 0 spiro atoms. The lowest BCUT2D eigenvalue weighted by Crippen LogP contribution is -2.36. The summed E-state index contributed by atoms with van der Waals surface area (Å²) in [5.74, 6) is 0.957. The minimum absolute atomic E-state index is 0.103. The van der Waals surface area contributed by atoms with Crippen molar-refractivity contribution in [3.8, 4) is 17.2 Å². The Morgan fingerprint density at radius 2 is 1.89 bits per heavy atom. The van der Waals surface area contributed by atoms with Gasteiger partial charge in [-0.15, -0.1) is 0 Å². The van der Waals surface area contributed by atoms with Crippen molar-refractivity contribution < 1.29 is 28.1 Å². The van der Waals surface area contributed by atoms with E-state index in [1.165, 1.54) is 0 Å². The van der Waals surface area contributed by atoms with Crippen LogP contribution in [0.15, 0.2) is 16.5 Å². The van der Waals surface area contributed by atoms with Gasteiger partial charge in [0.1, 0.15) is 17.7 Å². The van der Waals surface area contributed by atoms with Crippen LogP contribution < -0.4 is 15.4 Å². The Morgan fingerprint density at radius 3 is 2.56 bits per heavy atom. The summed E-state index contributed by atoms with van der Waals surface area (Å²) in [5.41, 5.74) is 2.40. The van der Waals surface area contributed by atoms with Gasteiger partial charge in [-0.1, -0.05) is 0 Å². The Balaban J connectivity index is 1.54. The summed E-state index contributed by atoms with van der Waals surface area (Å²) in [6.45, 7) is 6.75. The molecule has 9 nitrogen and oxygen atoms in total. The molecule has 3 aromatic rings. The first kappa shape index (κ1) is 24.6. The number of rotatable bonds is 9. The van der Waals surface area contributed by atoms with Gasteiger partial charge in [-0.05, 0) is 52.0 Å². The number of hydrogen-bond donors (Lipinski definition) is 4. The second kappa shape index (κ2) is 9.78. The molecule has 3 heterocycles. The van der Waals surface area contributed by atoms with E-state index >= 15 is 0 Å². The monoisotopic (exact) mass is 503 g/mol. The highest BCUT2D eigenvalue weighted by Crippen LogP contribution is 2.39. The van der Waals surface area contributed by atoms with Crippen LogP contribution in [0.25, 0.3) is 22.3 Å². The van der Waals surface area contributed by atoms with E-state index in [-0.39, 0.29) is 6.42 Å². The smallest absolute Gasteiger partial charge is 0.244 e. The van der Waals surface area contributed by atoms with E-state index < -0.39 is 30.6 Å².